The van der Waals surface area contributed by atoms with E-state index in [9.17, 15) is 19.2 Å². The van der Waals surface area contributed by atoms with Gasteiger partial charge in [0.05, 0.1) is 37.6 Å². The van der Waals surface area contributed by atoms with Crippen molar-refractivity contribution < 1.29 is 38.1 Å². The molecule has 0 fully saturated rings. The van der Waals surface area contributed by atoms with Gasteiger partial charge >= 0.3 is 11.9 Å². The fourth-order valence-corrected chi connectivity index (χ4v) is 3.26. The molecule has 264 valence electrons. The molecule has 8 nitrogen and oxygen atoms in total. The maximum Gasteiger partial charge on any atom is 0.338 e. The van der Waals surface area contributed by atoms with E-state index in [1.165, 1.54) is 0 Å². The van der Waals surface area contributed by atoms with Gasteiger partial charge in [0, 0.05) is 0 Å². The summed E-state index contributed by atoms with van der Waals surface area (Å²) in [6, 6.07) is 18.1. The van der Waals surface area contributed by atoms with Crippen LogP contribution in [0.15, 0.2) is 109 Å². The van der Waals surface area contributed by atoms with E-state index in [-0.39, 0.29) is 11.9 Å². The van der Waals surface area contributed by atoms with Crippen molar-refractivity contribution in [1.82, 2.24) is 0 Å². The Kier molecular flexibility index (Phi) is 36.4. The van der Waals surface area contributed by atoms with Crippen molar-refractivity contribution in [2.75, 3.05) is 26.4 Å². The van der Waals surface area contributed by atoms with Crippen LogP contribution in [0.2, 0.25) is 0 Å². The molecular weight excluding hydrogens is 608 g/mol. The van der Waals surface area contributed by atoms with Crippen LogP contribution in [0.25, 0.3) is 0 Å². The number of carbonyl (C=O) groups is 4. The van der Waals surface area contributed by atoms with Crippen molar-refractivity contribution in [3.8, 4) is 0 Å². The summed E-state index contributed by atoms with van der Waals surface area (Å²) >= 11 is 0. The molecule has 2 aromatic rings. The van der Waals surface area contributed by atoms with Crippen LogP contribution in [0.5, 0.6) is 0 Å². The lowest BCUT2D eigenvalue weighted by Gasteiger charge is -2.02. The minimum atomic E-state index is -0.250. The molecule has 0 spiro atoms. The fraction of sp³-hybridized carbons (Fsp3) is 0.400. The van der Waals surface area contributed by atoms with Gasteiger partial charge in [-0.2, -0.15) is 0 Å². The van der Waals surface area contributed by atoms with E-state index in [0.717, 1.165) is 51.4 Å². The Morgan fingerprint density at radius 3 is 1.02 bits per heavy atom. The molecule has 0 radical (unpaired) electrons. The normalized spacial score (nSPS) is 10.2. The molecule has 0 saturated carbocycles. The van der Waals surface area contributed by atoms with Crippen LogP contribution in [-0.4, -0.2) is 51.3 Å². The molecule has 8 heteroatoms. The van der Waals surface area contributed by atoms with Gasteiger partial charge in [-0.05, 0) is 75.6 Å². The second-order valence-electron chi connectivity index (χ2n) is 9.61. The van der Waals surface area contributed by atoms with Crippen LogP contribution in [0.3, 0.4) is 0 Å². The first kappa shape index (κ1) is 45.4. The van der Waals surface area contributed by atoms with E-state index in [2.05, 4.69) is 49.3 Å². The van der Waals surface area contributed by atoms with E-state index in [4.69, 9.17) is 9.47 Å². The van der Waals surface area contributed by atoms with Gasteiger partial charge in [0.15, 0.2) is 0 Å². The van der Waals surface area contributed by atoms with Crippen molar-refractivity contribution in [2.45, 2.75) is 79.1 Å². The molecule has 2 aromatic carbocycles. The van der Waals surface area contributed by atoms with Crippen molar-refractivity contribution in [2.24, 2.45) is 0 Å². The maximum atomic E-state index is 11.4. The lowest BCUT2D eigenvalue weighted by molar-refractivity contribution is -0.129. The van der Waals surface area contributed by atoms with Crippen molar-refractivity contribution in [3.63, 3.8) is 0 Å². The van der Waals surface area contributed by atoms with Crippen LogP contribution >= 0.6 is 0 Å². The number of esters is 2. The first-order chi connectivity index (χ1) is 23.5. The van der Waals surface area contributed by atoms with Crippen molar-refractivity contribution >= 4 is 24.9 Å². The third-order valence-corrected chi connectivity index (χ3v) is 5.60. The number of benzene rings is 2. The molecular formula is C40H56O8. The molecule has 0 aliphatic carbocycles. The zero-order chi connectivity index (χ0) is 35.8. The van der Waals surface area contributed by atoms with Crippen LogP contribution in [0.1, 0.15) is 99.8 Å². The molecule has 0 atom stereocenters. The second kappa shape index (κ2) is 38.5. The number of rotatable bonds is 20. The lowest BCUT2D eigenvalue weighted by atomic mass is 10.2. The highest BCUT2D eigenvalue weighted by Gasteiger charge is 2.04. The van der Waals surface area contributed by atoms with Gasteiger partial charge in [-0.25, -0.2) is 9.59 Å². The molecule has 0 aliphatic heterocycles. The van der Waals surface area contributed by atoms with Crippen LogP contribution in [0, 0.1) is 0 Å². The van der Waals surface area contributed by atoms with E-state index in [1.807, 2.05) is 72.9 Å². The number of hydrogen-bond donors (Lipinski definition) is 0. The molecule has 0 bridgehead atoms. The van der Waals surface area contributed by atoms with E-state index >= 15 is 0 Å². The average molecular weight is 665 g/mol. The third kappa shape index (κ3) is 32.7. The Balaban J connectivity index is 0. The van der Waals surface area contributed by atoms with Gasteiger partial charge in [0.25, 0.3) is 12.9 Å². The van der Waals surface area contributed by atoms with Crippen LogP contribution < -0.4 is 0 Å². The van der Waals surface area contributed by atoms with Gasteiger partial charge < -0.3 is 18.9 Å². The van der Waals surface area contributed by atoms with E-state index < -0.39 is 0 Å². The highest BCUT2D eigenvalue weighted by Crippen LogP contribution is 2.02. The van der Waals surface area contributed by atoms with Crippen molar-refractivity contribution in [3.05, 3.63) is 120 Å². The van der Waals surface area contributed by atoms with Gasteiger partial charge in [-0.1, -0.05) is 113 Å². The predicted octanol–water partition coefficient (Wildman–Crippen LogP) is 9.43. The number of hydrogen-bond acceptors (Lipinski definition) is 8. The molecule has 0 amide bonds. The maximum absolute atomic E-state index is 11.4. The Morgan fingerprint density at radius 2 is 0.750 bits per heavy atom. The van der Waals surface area contributed by atoms with Crippen molar-refractivity contribution in [1.29, 1.82) is 0 Å². The molecule has 48 heavy (non-hydrogen) atoms. The van der Waals surface area contributed by atoms with Crippen LogP contribution in [0.4, 0.5) is 0 Å². The number of allylic oxidation sites excluding steroid dienone is 4. The molecule has 0 aromatic heterocycles. The summed E-state index contributed by atoms with van der Waals surface area (Å²) in [4.78, 5) is 42.0. The molecule has 0 unspecified atom stereocenters. The van der Waals surface area contributed by atoms with Gasteiger partial charge in [0.2, 0.25) is 0 Å². The zero-order valence-corrected chi connectivity index (χ0v) is 29.3. The first-order valence-electron chi connectivity index (χ1n) is 16.7. The van der Waals surface area contributed by atoms with Crippen LogP contribution in [-0.2, 0) is 28.5 Å². The smallest absolute Gasteiger partial charge is 0.338 e. The Bertz CT molecular complexity index is 1050. The highest BCUT2D eigenvalue weighted by atomic mass is 16.5. The molecule has 0 aliphatic rings. The van der Waals surface area contributed by atoms with E-state index in [0.29, 0.717) is 50.5 Å². The molecule has 0 N–H and O–H groups in total. The summed E-state index contributed by atoms with van der Waals surface area (Å²) < 4.78 is 19.1. The summed E-state index contributed by atoms with van der Waals surface area (Å²) in [6.07, 6.45) is 23.6. The molecule has 0 heterocycles. The Labute approximate surface area is 288 Å². The summed E-state index contributed by atoms with van der Waals surface area (Å²) in [7, 11) is 0. The predicted molar refractivity (Wildman–Crippen MR) is 194 cm³/mol. The molecule has 2 rings (SSSR count). The SMILES string of the molecule is CCC=CCCOC(=O)c1ccccc1.CCC=CCCOC(=O)c1ccccc1.CCC=CCCOC=O.CCC=CCCOC=O. The number of ether oxygens (including phenoxy) is 4. The lowest BCUT2D eigenvalue weighted by Crippen LogP contribution is -2.05. The van der Waals surface area contributed by atoms with Gasteiger partial charge in [-0.15, -0.1) is 0 Å². The van der Waals surface area contributed by atoms with Gasteiger partial charge in [-0.3, -0.25) is 9.59 Å². The molecule has 0 saturated heterocycles. The third-order valence-electron chi connectivity index (χ3n) is 5.60. The van der Waals surface area contributed by atoms with E-state index in [1.54, 1.807) is 24.3 Å². The summed E-state index contributed by atoms with van der Waals surface area (Å²) in [5.74, 6) is -0.499. The zero-order valence-electron chi connectivity index (χ0n) is 29.3. The standard InChI is InChI=1S/2C13H16O2.2C7H12O2/c2*1-2-3-4-8-11-15-13(14)12-9-6-5-7-10-12;2*1-2-3-4-5-6-9-7-8/h2*3-7,9-10H,2,8,11H2,1H3;2*3-4,7H,2,5-6H2,1H3. The first-order valence-corrected chi connectivity index (χ1v) is 16.7. The second-order valence-corrected chi connectivity index (χ2v) is 9.61. The Morgan fingerprint density at radius 1 is 0.458 bits per heavy atom. The topological polar surface area (TPSA) is 105 Å². The van der Waals surface area contributed by atoms with Gasteiger partial charge in [0.1, 0.15) is 0 Å². The minimum absolute atomic E-state index is 0.250. The summed E-state index contributed by atoms with van der Waals surface area (Å²) in [5.41, 5.74) is 1.22. The fourth-order valence-electron chi connectivity index (χ4n) is 3.26. The monoisotopic (exact) mass is 664 g/mol. The summed E-state index contributed by atoms with van der Waals surface area (Å²) in [6.45, 7) is 11.1. The number of carbonyl (C=O) groups excluding carboxylic acids is 4. The highest BCUT2D eigenvalue weighted by molar-refractivity contribution is 5.89. The summed E-state index contributed by atoms with van der Waals surface area (Å²) in [5, 5.41) is 0. The minimum Gasteiger partial charge on any atom is -0.468 e. The Hall–Kier alpha value is -4.72. The largest absolute Gasteiger partial charge is 0.468 e. The quantitative estimate of drug-likeness (QED) is 0.0453. The average Bonchev–Trinajstić information content (AvgIpc) is 3.13.